The van der Waals surface area contributed by atoms with Crippen LogP contribution in [0.4, 0.5) is 0 Å². The van der Waals surface area contributed by atoms with Crippen molar-refractivity contribution in [1.29, 1.82) is 0 Å². The monoisotopic (exact) mass is 302 g/mol. The van der Waals surface area contributed by atoms with E-state index < -0.39 is 11.6 Å². The van der Waals surface area contributed by atoms with Crippen molar-refractivity contribution in [3.8, 4) is 0 Å². The normalized spacial score (nSPS) is 12.9. The van der Waals surface area contributed by atoms with E-state index in [1.807, 2.05) is 30.5 Å². The number of carbonyl (C=O) groups excluding carboxylic acids is 2. The van der Waals surface area contributed by atoms with Gasteiger partial charge in [0.1, 0.15) is 6.04 Å². The topological polar surface area (TPSA) is 100 Å². The summed E-state index contributed by atoms with van der Waals surface area (Å²) in [6.07, 6.45) is 2.26. The number of aromatic amines is 1. The molecule has 22 heavy (non-hydrogen) atoms. The molecule has 6 heteroatoms. The summed E-state index contributed by atoms with van der Waals surface area (Å²) >= 11 is 0. The van der Waals surface area contributed by atoms with E-state index in [0.717, 1.165) is 16.5 Å². The van der Waals surface area contributed by atoms with E-state index in [2.05, 4.69) is 15.6 Å². The maximum atomic E-state index is 12.1. The van der Waals surface area contributed by atoms with Crippen LogP contribution in [0.15, 0.2) is 30.5 Å². The number of amides is 2. The molecule has 0 bridgehead atoms. The number of carbonyl (C=O) groups is 2. The predicted octanol–water partition coefficient (Wildman–Crippen LogP) is 0.678. The molecule has 2 amide bonds. The van der Waals surface area contributed by atoms with Crippen LogP contribution >= 0.6 is 0 Å². The van der Waals surface area contributed by atoms with Crippen LogP contribution in [0.25, 0.3) is 10.9 Å². The molecule has 0 aliphatic carbocycles. The number of nitrogens with one attached hydrogen (secondary N) is 3. The minimum Gasteiger partial charge on any atom is -0.361 e. The van der Waals surface area contributed by atoms with Crippen LogP contribution in [0, 0.1) is 0 Å². The molecule has 0 spiro atoms. The van der Waals surface area contributed by atoms with E-state index in [-0.39, 0.29) is 11.8 Å². The Kier molecular flexibility index (Phi) is 4.51. The first-order chi connectivity index (χ1) is 10.3. The number of aromatic nitrogens is 1. The number of nitrogens with two attached hydrogens (primary N) is 1. The molecule has 1 aromatic carbocycles. The average molecular weight is 302 g/mol. The molecule has 0 aliphatic rings. The standard InChI is InChI=1S/C16H22N4O2/c1-16(2,17)15(22)20-13(14(21)18-3)8-10-9-19-12-7-5-4-6-11(10)12/h4-7,9,13,19H,8,17H2,1-3H3,(H,18,21)(H,20,22)/t13-/m1/s1. The molecular weight excluding hydrogens is 280 g/mol. The van der Waals surface area contributed by atoms with Crippen molar-refractivity contribution in [3.05, 3.63) is 36.0 Å². The summed E-state index contributed by atoms with van der Waals surface area (Å²) in [4.78, 5) is 27.3. The Morgan fingerprint density at radius 2 is 2.00 bits per heavy atom. The summed E-state index contributed by atoms with van der Waals surface area (Å²) in [6.45, 7) is 3.21. The Balaban J connectivity index is 2.23. The van der Waals surface area contributed by atoms with Crippen molar-refractivity contribution >= 4 is 22.7 Å². The number of likely N-dealkylation sites (N-methyl/N-ethyl adjacent to an activating group) is 1. The molecule has 6 nitrogen and oxygen atoms in total. The molecule has 0 saturated carbocycles. The Labute approximate surface area is 129 Å². The van der Waals surface area contributed by atoms with Crippen molar-refractivity contribution in [2.45, 2.75) is 31.8 Å². The van der Waals surface area contributed by atoms with Gasteiger partial charge in [-0.25, -0.2) is 0 Å². The van der Waals surface area contributed by atoms with E-state index in [1.165, 1.54) is 0 Å². The fourth-order valence-corrected chi connectivity index (χ4v) is 2.25. The van der Waals surface area contributed by atoms with Gasteiger partial charge in [0.05, 0.1) is 5.54 Å². The molecule has 0 fully saturated rings. The van der Waals surface area contributed by atoms with Crippen molar-refractivity contribution in [2.24, 2.45) is 5.73 Å². The molecule has 0 radical (unpaired) electrons. The number of para-hydroxylation sites is 1. The van der Waals surface area contributed by atoms with Crippen molar-refractivity contribution in [1.82, 2.24) is 15.6 Å². The molecule has 0 unspecified atom stereocenters. The van der Waals surface area contributed by atoms with Gasteiger partial charge in [-0.15, -0.1) is 0 Å². The lowest BCUT2D eigenvalue weighted by molar-refractivity contribution is -0.131. The van der Waals surface area contributed by atoms with Crippen LogP contribution in [0.5, 0.6) is 0 Å². The highest BCUT2D eigenvalue weighted by Crippen LogP contribution is 2.19. The van der Waals surface area contributed by atoms with Crippen LogP contribution in [-0.2, 0) is 16.0 Å². The minimum absolute atomic E-state index is 0.247. The first-order valence-corrected chi connectivity index (χ1v) is 7.19. The molecular formula is C16H22N4O2. The van der Waals surface area contributed by atoms with Gasteiger partial charge in [-0.2, -0.15) is 0 Å². The Hall–Kier alpha value is -2.34. The zero-order valence-electron chi connectivity index (χ0n) is 13.1. The van der Waals surface area contributed by atoms with E-state index in [9.17, 15) is 9.59 Å². The number of fused-ring (bicyclic) bond motifs is 1. The van der Waals surface area contributed by atoms with Crippen molar-refractivity contribution in [2.75, 3.05) is 7.05 Å². The lowest BCUT2D eigenvalue weighted by atomic mass is 10.0. The van der Waals surface area contributed by atoms with Crippen molar-refractivity contribution < 1.29 is 9.59 Å². The largest absolute Gasteiger partial charge is 0.361 e. The summed E-state index contributed by atoms with van der Waals surface area (Å²) < 4.78 is 0. The lowest BCUT2D eigenvalue weighted by Crippen LogP contribution is -2.56. The van der Waals surface area contributed by atoms with Crippen LogP contribution in [-0.4, -0.2) is 35.4 Å². The summed E-state index contributed by atoms with van der Waals surface area (Å²) in [7, 11) is 1.55. The number of H-pyrrole nitrogens is 1. The van der Waals surface area contributed by atoms with Gasteiger partial charge >= 0.3 is 0 Å². The third kappa shape index (κ3) is 3.46. The van der Waals surface area contributed by atoms with E-state index in [0.29, 0.717) is 6.42 Å². The zero-order valence-corrected chi connectivity index (χ0v) is 13.1. The second-order valence-corrected chi connectivity index (χ2v) is 5.93. The van der Waals surface area contributed by atoms with Crippen LogP contribution in [0.1, 0.15) is 19.4 Å². The first-order valence-electron chi connectivity index (χ1n) is 7.19. The highest BCUT2D eigenvalue weighted by atomic mass is 16.2. The second kappa shape index (κ2) is 6.19. The number of rotatable bonds is 5. The molecule has 0 saturated heterocycles. The number of benzene rings is 1. The predicted molar refractivity (Wildman–Crippen MR) is 86.3 cm³/mol. The fraction of sp³-hybridized carbons (Fsp3) is 0.375. The highest BCUT2D eigenvalue weighted by molar-refractivity contribution is 5.92. The maximum absolute atomic E-state index is 12.1. The highest BCUT2D eigenvalue weighted by Gasteiger charge is 2.28. The molecule has 2 aromatic rings. The van der Waals surface area contributed by atoms with Gasteiger partial charge in [0, 0.05) is 30.6 Å². The summed E-state index contributed by atoms with van der Waals surface area (Å²) in [5, 5.41) is 6.34. The molecule has 5 N–H and O–H groups in total. The SMILES string of the molecule is CNC(=O)[C@@H](Cc1c[nH]c2ccccc12)NC(=O)C(C)(C)N. The average Bonchev–Trinajstić information content (AvgIpc) is 2.88. The Morgan fingerprint density at radius 3 is 2.64 bits per heavy atom. The van der Waals surface area contributed by atoms with Crippen molar-refractivity contribution in [3.63, 3.8) is 0 Å². The molecule has 1 atom stereocenters. The molecule has 1 heterocycles. The van der Waals surface area contributed by atoms with E-state index in [1.54, 1.807) is 20.9 Å². The molecule has 118 valence electrons. The van der Waals surface area contributed by atoms with E-state index >= 15 is 0 Å². The Morgan fingerprint density at radius 1 is 1.32 bits per heavy atom. The van der Waals surface area contributed by atoms with Crippen LogP contribution in [0.3, 0.4) is 0 Å². The third-order valence-corrected chi connectivity index (χ3v) is 3.55. The Bertz CT molecular complexity index is 685. The van der Waals surface area contributed by atoms with E-state index in [4.69, 9.17) is 5.73 Å². The van der Waals surface area contributed by atoms with Crippen LogP contribution < -0.4 is 16.4 Å². The van der Waals surface area contributed by atoms with Gasteiger partial charge in [0.25, 0.3) is 0 Å². The van der Waals surface area contributed by atoms with Gasteiger partial charge in [-0.1, -0.05) is 18.2 Å². The second-order valence-electron chi connectivity index (χ2n) is 5.93. The van der Waals surface area contributed by atoms with Crippen LogP contribution in [0.2, 0.25) is 0 Å². The minimum atomic E-state index is -1.04. The number of hydrogen-bond donors (Lipinski definition) is 4. The number of hydrogen-bond acceptors (Lipinski definition) is 3. The summed E-state index contributed by atoms with van der Waals surface area (Å²) in [5.74, 6) is -0.608. The zero-order chi connectivity index (χ0) is 16.3. The van der Waals surface area contributed by atoms with Gasteiger partial charge in [-0.05, 0) is 25.5 Å². The summed E-state index contributed by atoms with van der Waals surface area (Å²) in [5.41, 5.74) is 6.72. The molecule has 0 aliphatic heterocycles. The molecule has 2 rings (SSSR count). The quantitative estimate of drug-likeness (QED) is 0.653. The first kappa shape index (κ1) is 16.0. The lowest BCUT2D eigenvalue weighted by Gasteiger charge is -2.23. The summed E-state index contributed by atoms with van der Waals surface area (Å²) in [6, 6.07) is 7.17. The van der Waals surface area contributed by atoms with Gasteiger partial charge in [0.15, 0.2) is 0 Å². The smallest absolute Gasteiger partial charge is 0.242 e. The third-order valence-electron chi connectivity index (χ3n) is 3.55. The van der Waals surface area contributed by atoms with Gasteiger partial charge in [-0.3, -0.25) is 9.59 Å². The van der Waals surface area contributed by atoms with Gasteiger partial charge in [0.2, 0.25) is 11.8 Å². The molecule has 1 aromatic heterocycles. The maximum Gasteiger partial charge on any atom is 0.242 e. The fourth-order valence-electron chi connectivity index (χ4n) is 2.25. The van der Waals surface area contributed by atoms with Gasteiger partial charge < -0.3 is 21.4 Å².